The first kappa shape index (κ1) is 20.6. The summed E-state index contributed by atoms with van der Waals surface area (Å²) in [5.74, 6) is -0.0281. The topological polar surface area (TPSA) is 113 Å². The molecule has 0 aliphatic rings. The second-order valence-electron chi connectivity index (χ2n) is 8.27. The molecule has 0 aliphatic carbocycles. The first-order valence-electron chi connectivity index (χ1n) is 10.3. The van der Waals surface area contributed by atoms with E-state index in [1.165, 1.54) is 18.5 Å². The van der Waals surface area contributed by atoms with E-state index in [-0.39, 0.29) is 17.6 Å². The summed E-state index contributed by atoms with van der Waals surface area (Å²) in [5.41, 5.74) is 0.974. The molecule has 3 N–H and O–H groups in total. The van der Waals surface area contributed by atoms with E-state index in [1.807, 2.05) is 30.3 Å². The number of carbonyl (C=O) groups is 1. The van der Waals surface area contributed by atoms with Crippen LogP contribution in [0.1, 0.15) is 25.2 Å². The molecule has 1 amide bonds. The van der Waals surface area contributed by atoms with Crippen molar-refractivity contribution in [2.24, 2.45) is 0 Å². The quantitative estimate of drug-likeness (QED) is 0.358. The molecule has 5 aromatic rings. The largest absolute Gasteiger partial charge is 0.445 e. The summed E-state index contributed by atoms with van der Waals surface area (Å²) < 4.78 is 19.3. The van der Waals surface area contributed by atoms with E-state index in [2.05, 4.69) is 20.3 Å². The molecule has 0 bridgehead atoms. The number of aromatic nitrogens is 4. The molecule has 166 valence electrons. The number of halogens is 1. The van der Waals surface area contributed by atoms with Gasteiger partial charge in [-0.05, 0) is 37.6 Å². The molecular formula is C24H20FN5O3. The number of H-pyrrole nitrogens is 2. The summed E-state index contributed by atoms with van der Waals surface area (Å²) >= 11 is 0. The number of carbonyl (C=O) groups excluding carboxylic acids is 1. The van der Waals surface area contributed by atoms with Gasteiger partial charge in [0, 0.05) is 10.8 Å². The molecule has 8 nitrogen and oxygen atoms in total. The zero-order valence-corrected chi connectivity index (χ0v) is 17.9. The number of aromatic amines is 2. The molecule has 2 heterocycles. The molecule has 3 aromatic carbocycles. The average molecular weight is 445 g/mol. The Morgan fingerprint density at radius 3 is 2.70 bits per heavy atom. The highest BCUT2D eigenvalue weighted by molar-refractivity contribution is 6.21. The molecule has 33 heavy (non-hydrogen) atoms. The summed E-state index contributed by atoms with van der Waals surface area (Å²) in [6, 6.07) is 13.6. The summed E-state index contributed by atoms with van der Waals surface area (Å²) in [4.78, 5) is 39.8. The van der Waals surface area contributed by atoms with Gasteiger partial charge >= 0.3 is 6.09 Å². The number of benzene rings is 3. The van der Waals surface area contributed by atoms with Gasteiger partial charge in [0.25, 0.3) is 5.56 Å². The number of alkyl carbamates (subject to hydrolysis) is 1. The van der Waals surface area contributed by atoms with Crippen molar-refractivity contribution in [3.63, 3.8) is 0 Å². The molecule has 0 atom stereocenters. The second-order valence-corrected chi connectivity index (χ2v) is 8.27. The Balaban J connectivity index is 1.55. The van der Waals surface area contributed by atoms with Crippen LogP contribution >= 0.6 is 0 Å². The van der Waals surface area contributed by atoms with Crippen LogP contribution in [-0.2, 0) is 16.9 Å². The van der Waals surface area contributed by atoms with Gasteiger partial charge in [-0.2, -0.15) is 0 Å². The molecule has 9 heteroatoms. The Labute approximate surface area is 186 Å². The minimum atomic E-state index is -0.938. The molecule has 0 fully saturated rings. The molecule has 0 saturated heterocycles. The minimum absolute atomic E-state index is 0.135. The van der Waals surface area contributed by atoms with Crippen molar-refractivity contribution in [1.29, 1.82) is 0 Å². The summed E-state index contributed by atoms with van der Waals surface area (Å²) in [7, 11) is 0. The number of imidazole rings is 1. The average Bonchev–Trinajstić information content (AvgIpc) is 3.25. The number of rotatable bonds is 4. The third-order valence-corrected chi connectivity index (χ3v) is 5.52. The van der Waals surface area contributed by atoms with Crippen molar-refractivity contribution >= 4 is 38.8 Å². The summed E-state index contributed by atoms with van der Waals surface area (Å²) in [6.07, 6.45) is 0.691. The van der Waals surface area contributed by atoms with Crippen LogP contribution in [0.25, 0.3) is 32.7 Å². The van der Waals surface area contributed by atoms with Gasteiger partial charge in [0.1, 0.15) is 23.8 Å². The lowest BCUT2D eigenvalue weighted by Crippen LogP contribution is -2.42. The Morgan fingerprint density at radius 1 is 1.12 bits per heavy atom. The van der Waals surface area contributed by atoms with Crippen molar-refractivity contribution in [3.05, 3.63) is 82.4 Å². The standard InChI is InChI=1S/C24H20FN5O3/c1-24(2,30-23(32)33-11-13-6-4-3-5-7-13)22-28-18-15-9-8-14(25)10-16(15)17-19(20(18)29-22)26-12-27-21(17)31/h3-10,12H,11H2,1-2H3,(H,28,29)(H,30,32)(H,26,27,31). The number of nitrogens with zero attached hydrogens (tertiary/aromatic N) is 2. The highest BCUT2D eigenvalue weighted by Gasteiger charge is 2.29. The van der Waals surface area contributed by atoms with Crippen molar-refractivity contribution < 1.29 is 13.9 Å². The Bertz CT molecular complexity index is 1570. The van der Waals surface area contributed by atoms with Gasteiger partial charge in [0.15, 0.2) is 0 Å². The molecule has 0 saturated carbocycles. The maximum Gasteiger partial charge on any atom is 0.408 e. The van der Waals surface area contributed by atoms with Gasteiger partial charge in [0.2, 0.25) is 0 Å². The zero-order valence-electron chi connectivity index (χ0n) is 17.9. The number of nitrogens with one attached hydrogen (secondary N) is 3. The van der Waals surface area contributed by atoms with E-state index < -0.39 is 17.4 Å². The maximum atomic E-state index is 14.0. The lowest BCUT2D eigenvalue weighted by molar-refractivity contribution is 0.128. The molecular weight excluding hydrogens is 425 g/mol. The summed E-state index contributed by atoms with van der Waals surface area (Å²) in [5, 5.41) is 4.10. The fourth-order valence-electron chi connectivity index (χ4n) is 3.88. The van der Waals surface area contributed by atoms with Gasteiger partial charge in [-0.1, -0.05) is 30.3 Å². The van der Waals surface area contributed by atoms with Crippen molar-refractivity contribution in [1.82, 2.24) is 25.3 Å². The van der Waals surface area contributed by atoms with Crippen LogP contribution in [0.3, 0.4) is 0 Å². The summed E-state index contributed by atoms with van der Waals surface area (Å²) in [6.45, 7) is 3.69. The normalized spacial score (nSPS) is 11.8. The molecule has 0 aliphatic heterocycles. The lowest BCUT2D eigenvalue weighted by atomic mass is 10.0. The van der Waals surface area contributed by atoms with Crippen LogP contribution in [0.4, 0.5) is 9.18 Å². The van der Waals surface area contributed by atoms with Crippen molar-refractivity contribution in [2.75, 3.05) is 0 Å². The van der Waals surface area contributed by atoms with E-state index in [1.54, 1.807) is 19.9 Å². The van der Waals surface area contributed by atoms with Gasteiger partial charge in [-0.15, -0.1) is 0 Å². The Hall–Kier alpha value is -4.27. The van der Waals surface area contributed by atoms with E-state index in [0.717, 1.165) is 5.56 Å². The number of hydrogen-bond donors (Lipinski definition) is 3. The van der Waals surface area contributed by atoms with Crippen LogP contribution in [0.15, 0.2) is 59.7 Å². The molecule has 2 aromatic heterocycles. The Morgan fingerprint density at radius 2 is 1.91 bits per heavy atom. The lowest BCUT2D eigenvalue weighted by Gasteiger charge is -2.23. The predicted octanol–water partition coefficient (Wildman–Crippen LogP) is 4.25. The zero-order chi connectivity index (χ0) is 23.2. The maximum absolute atomic E-state index is 14.0. The highest BCUT2D eigenvalue weighted by atomic mass is 19.1. The van der Waals surface area contributed by atoms with Gasteiger partial charge < -0.3 is 20.0 Å². The first-order chi connectivity index (χ1) is 15.8. The third-order valence-electron chi connectivity index (χ3n) is 5.52. The van der Waals surface area contributed by atoms with Gasteiger partial charge in [-0.25, -0.2) is 19.2 Å². The van der Waals surface area contributed by atoms with Crippen LogP contribution in [0.2, 0.25) is 0 Å². The van der Waals surface area contributed by atoms with Crippen LogP contribution in [-0.4, -0.2) is 26.0 Å². The van der Waals surface area contributed by atoms with Crippen LogP contribution < -0.4 is 10.9 Å². The SMILES string of the molecule is CC(C)(NC(=O)OCc1ccccc1)c1nc2c3ccc(F)cc3c3c(=O)[nH]cnc3c2[nH]1. The third kappa shape index (κ3) is 3.67. The molecule has 0 radical (unpaired) electrons. The predicted molar refractivity (Wildman–Crippen MR) is 122 cm³/mol. The fourth-order valence-corrected chi connectivity index (χ4v) is 3.88. The minimum Gasteiger partial charge on any atom is -0.445 e. The number of hydrogen-bond acceptors (Lipinski definition) is 5. The molecule has 0 unspecified atom stereocenters. The van der Waals surface area contributed by atoms with E-state index in [4.69, 9.17) is 9.72 Å². The second kappa shape index (κ2) is 7.70. The van der Waals surface area contributed by atoms with Gasteiger partial charge in [-0.3, -0.25) is 4.79 Å². The highest BCUT2D eigenvalue weighted by Crippen LogP contribution is 2.33. The first-order valence-corrected chi connectivity index (χ1v) is 10.3. The number of amides is 1. The van der Waals surface area contributed by atoms with E-state index in [0.29, 0.717) is 33.1 Å². The molecule has 5 rings (SSSR count). The van der Waals surface area contributed by atoms with Gasteiger partial charge in [0.05, 0.1) is 28.3 Å². The number of ether oxygens (including phenoxy) is 1. The Kier molecular flexibility index (Phi) is 4.81. The van der Waals surface area contributed by atoms with E-state index >= 15 is 0 Å². The number of fused-ring (bicyclic) bond motifs is 6. The van der Waals surface area contributed by atoms with Crippen molar-refractivity contribution in [3.8, 4) is 0 Å². The van der Waals surface area contributed by atoms with Crippen molar-refractivity contribution in [2.45, 2.75) is 26.0 Å². The molecule has 0 spiro atoms. The van der Waals surface area contributed by atoms with Crippen LogP contribution in [0, 0.1) is 5.82 Å². The van der Waals surface area contributed by atoms with E-state index in [9.17, 15) is 14.0 Å². The van der Waals surface area contributed by atoms with Crippen LogP contribution in [0.5, 0.6) is 0 Å². The monoisotopic (exact) mass is 445 g/mol. The fraction of sp³-hybridized carbons (Fsp3) is 0.167. The smallest absolute Gasteiger partial charge is 0.408 e.